The lowest BCUT2D eigenvalue weighted by Crippen LogP contribution is -2.39. The Kier molecular flexibility index (Phi) is 1.31. The normalized spacial score (nSPS) is 30.9. The Hall–Kier alpha value is 0.370. The summed E-state index contributed by atoms with van der Waals surface area (Å²) in [5, 5.41) is 0. The molecule has 1 aliphatic carbocycles. The largest absolute Gasteiger partial charge is 0.300 e. The van der Waals surface area contributed by atoms with Gasteiger partial charge in [-0.15, -0.1) is 0 Å². The molecular weight excluding hydrogens is 152 g/mol. The monoisotopic (exact) mass is 160 g/mol. The minimum absolute atomic E-state index is 0.465. The van der Waals surface area contributed by atoms with E-state index in [1.165, 1.54) is 11.5 Å². The van der Waals surface area contributed by atoms with E-state index < -0.39 is 0 Å². The molecule has 1 saturated carbocycles. The second kappa shape index (κ2) is 1.92. The van der Waals surface area contributed by atoms with Gasteiger partial charge in [0.05, 0.1) is 0 Å². The molecule has 2 fully saturated rings. The molecule has 1 aliphatic heterocycles. The molecular formula is C6H8OS2. The lowest BCUT2D eigenvalue weighted by Gasteiger charge is -2.34. The topological polar surface area (TPSA) is 17.1 Å². The molecule has 0 unspecified atom stereocenters. The Balaban J connectivity index is 2.03. The number of hydrogen-bond donors (Lipinski definition) is 0. The van der Waals surface area contributed by atoms with Gasteiger partial charge in [-0.3, -0.25) is 4.79 Å². The van der Waals surface area contributed by atoms with Gasteiger partial charge in [0.15, 0.2) is 0 Å². The quantitative estimate of drug-likeness (QED) is 0.502. The van der Waals surface area contributed by atoms with E-state index in [2.05, 4.69) is 0 Å². The first-order chi connectivity index (χ1) is 4.31. The number of carbonyl (C=O) groups excluding carboxylic acids is 1. The zero-order valence-corrected chi connectivity index (χ0v) is 6.69. The Morgan fingerprint density at radius 2 is 1.78 bits per heavy atom. The minimum atomic E-state index is 0.465. The second-order valence-corrected chi connectivity index (χ2v) is 5.38. The summed E-state index contributed by atoms with van der Waals surface area (Å²) in [6, 6.07) is 0. The van der Waals surface area contributed by atoms with Crippen molar-refractivity contribution in [2.24, 2.45) is 5.41 Å². The first-order valence-corrected chi connectivity index (χ1v) is 5.56. The fraction of sp³-hybridized carbons (Fsp3) is 0.833. The standard InChI is InChI=1S/C6H8OS2/c7-5-1-6(2-5)3-8-9-4-6/h1-4H2. The highest BCUT2D eigenvalue weighted by Crippen LogP contribution is 2.52. The van der Waals surface area contributed by atoms with Crippen LogP contribution < -0.4 is 0 Å². The minimum Gasteiger partial charge on any atom is -0.300 e. The maximum absolute atomic E-state index is 10.6. The number of Topliss-reactive ketones (excluding diaryl/α,β-unsaturated/α-hetero) is 1. The highest BCUT2D eigenvalue weighted by Gasteiger charge is 2.46. The van der Waals surface area contributed by atoms with Crippen LogP contribution in [0.2, 0.25) is 0 Å². The van der Waals surface area contributed by atoms with E-state index in [1.54, 1.807) is 0 Å². The van der Waals surface area contributed by atoms with Crippen LogP contribution in [-0.4, -0.2) is 17.3 Å². The van der Waals surface area contributed by atoms with Gasteiger partial charge >= 0.3 is 0 Å². The number of hydrogen-bond acceptors (Lipinski definition) is 3. The van der Waals surface area contributed by atoms with Gasteiger partial charge in [0.2, 0.25) is 0 Å². The summed E-state index contributed by atoms with van der Waals surface area (Å²) in [7, 11) is 3.85. The van der Waals surface area contributed by atoms with Gasteiger partial charge in [-0.05, 0) is 0 Å². The molecule has 50 valence electrons. The molecule has 1 saturated heterocycles. The summed E-state index contributed by atoms with van der Waals surface area (Å²) in [5.74, 6) is 2.89. The summed E-state index contributed by atoms with van der Waals surface area (Å²) in [5.41, 5.74) is 0.465. The van der Waals surface area contributed by atoms with Crippen molar-refractivity contribution in [1.29, 1.82) is 0 Å². The summed E-state index contributed by atoms with van der Waals surface area (Å²) in [6.07, 6.45) is 1.74. The van der Waals surface area contributed by atoms with Gasteiger partial charge < -0.3 is 0 Å². The van der Waals surface area contributed by atoms with Crippen molar-refractivity contribution < 1.29 is 4.79 Å². The van der Waals surface area contributed by atoms with Gasteiger partial charge in [0.1, 0.15) is 5.78 Å². The van der Waals surface area contributed by atoms with E-state index in [1.807, 2.05) is 21.6 Å². The molecule has 1 spiro atoms. The Morgan fingerprint density at radius 1 is 1.22 bits per heavy atom. The summed E-state index contributed by atoms with van der Waals surface area (Å²) < 4.78 is 0. The highest BCUT2D eigenvalue weighted by molar-refractivity contribution is 8.77. The molecule has 0 aromatic carbocycles. The van der Waals surface area contributed by atoms with Crippen LogP contribution >= 0.6 is 21.6 Å². The number of carbonyl (C=O) groups is 1. The average molecular weight is 160 g/mol. The van der Waals surface area contributed by atoms with Gasteiger partial charge in [-0.25, -0.2) is 0 Å². The third kappa shape index (κ3) is 0.905. The van der Waals surface area contributed by atoms with Crippen molar-refractivity contribution >= 4 is 27.4 Å². The van der Waals surface area contributed by atoms with E-state index in [4.69, 9.17) is 0 Å². The molecule has 0 aromatic heterocycles. The molecule has 1 heterocycles. The number of rotatable bonds is 0. The SMILES string of the molecule is O=C1CC2(CSSC2)C1. The Bertz CT molecular complexity index is 139. The van der Waals surface area contributed by atoms with Crippen LogP contribution in [0.4, 0.5) is 0 Å². The summed E-state index contributed by atoms with van der Waals surface area (Å²) in [6.45, 7) is 0. The van der Waals surface area contributed by atoms with Crippen molar-refractivity contribution in [2.75, 3.05) is 11.5 Å². The molecule has 1 nitrogen and oxygen atoms in total. The van der Waals surface area contributed by atoms with E-state index in [0.29, 0.717) is 11.2 Å². The zero-order valence-electron chi connectivity index (χ0n) is 5.05. The van der Waals surface area contributed by atoms with Crippen molar-refractivity contribution in [1.82, 2.24) is 0 Å². The molecule has 3 heteroatoms. The van der Waals surface area contributed by atoms with Crippen molar-refractivity contribution in [2.45, 2.75) is 12.8 Å². The predicted molar refractivity (Wildman–Crippen MR) is 41.6 cm³/mol. The fourth-order valence-corrected chi connectivity index (χ4v) is 4.77. The van der Waals surface area contributed by atoms with Gasteiger partial charge in [-0.1, -0.05) is 21.6 Å². The van der Waals surface area contributed by atoms with Crippen molar-refractivity contribution in [3.8, 4) is 0 Å². The van der Waals surface area contributed by atoms with Crippen molar-refractivity contribution in [3.05, 3.63) is 0 Å². The molecule has 2 aliphatic rings. The Labute approximate surface area is 62.4 Å². The third-order valence-electron chi connectivity index (χ3n) is 1.96. The van der Waals surface area contributed by atoms with E-state index in [0.717, 1.165) is 12.8 Å². The van der Waals surface area contributed by atoms with Crippen LogP contribution in [0.3, 0.4) is 0 Å². The maximum atomic E-state index is 10.6. The van der Waals surface area contributed by atoms with Crippen LogP contribution in [-0.2, 0) is 4.79 Å². The number of ketones is 1. The smallest absolute Gasteiger partial charge is 0.134 e. The molecule has 0 radical (unpaired) electrons. The van der Waals surface area contributed by atoms with Crippen LogP contribution in [0, 0.1) is 5.41 Å². The van der Waals surface area contributed by atoms with Gasteiger partial charge in [0.25, 0.3) is 0 Å². The lowest BCUT2D eigenvalue weighted by molar-refractivity contribution is -0.130. The fourth-order valence-electron chi connectivity index (χ4n) is 1.36. The van der Waals surface area contributed by atoms with Crippen LogP contribution in [0.5, 0.6) is 0 Å². The summed E-state index contributed by atoms with van der Waals surface area (Å²) >= 11 is 0. The molecule has 0 aromatic rings. The molecule has 2 rings (SSSR count). The molecule has 0 N–H and O–H groups in total. The first kappa shape index (κ1) is 6.10. The molecule has 9 heavy (non-hydrogen) atoms. The molecule has 0 amide bonds. The van der Waals surface area contributed by atoms with E-state index in [9.17, 15) is 4.79 Å². The van der Waals surface area contributed by atoms with Gasteiger partial charge in [-0.2, -0.15) is 0 Å². The second-order valence-electron chi connectivity index (χ2n) is 2.92. The molecule has 0 bridgehead atoms. The van der Waals surface area contributed by atoms with E-state index in [-0.39, 0.29) is 0 Å². The highest BCUT2D eigenvalue weighted by atomic mass is 33.1. The third-order valence-corrected chi connectivity index (χ3v) is 4.79. The Morgan fingerprint density at radius 3 is 2.22 bits per heavy atom. The predicted octanol–water partition coefficient (Wildman–Crippen LogP) is 1.73. The average Bonchev–Trinajstić information content (AvgIpc) is 2.12. The molecule has 0 atom stereocenters. The lowest BCUT2D eigenvalue weighted by atomic mass is 9.71. The van der Waals surface area contributed by atoms with E-state index >= 15 is 0 Å². The van der Waals surface area contributed by atoms with Crippen molar-refractivity contribution in [3.63, 3.8) is 0 Å². The van der Waals surface area contributed by atoms with Crippen LogP contribution in [0.25, 0.3) is 0 Å². The first-order valence-electron chi connectivity index (χ1n) is 3.07. The maximum Gasteiger partial charge on any atom is 0.134 e. The van der Waals surface area contributed by atoms with Crippen LogP contribution in [0.1, 0.15) is 12.8 Å². The summed E-state index contributed by atoms with van der Waals surface area (Å²) in [4.78, 5) is 10.6. The zero-order chi connectivity index (χ0) is 6.32. The van der Waals surface area contributed by atoms with Gasteiger partial charge in [0, 0.05) is 29.8 Å². The van der Waals surface area contributed by atoms with Crippen LogP contribution in [0.15, 0.2) is 0 Å².